The molecule has 0 amide bonds. The van der Waals surface area contributed by atoms with E-state index in [4.69, 9.17) is 17.0 Å². The molecule has 6 heteroatoms. The summed E-state index contributed by atoms with van der Waals surface area (Å²) in [5, 5.41) is 0. The van der Waals surface area contributed by atoms with Crippen molar-refractivity contribution >= 4 is 29.2 Å². The lowest BCUT2D eigenvalue weighted by Gasteiger charge is -2.11. The summed E-state index contributed by atoms with van der Waals surface area (Å²) < 4.78 is 6.91. The van der Waals surface area contributed by atoms with Crippen LogP contribution in [0.1, 0.15) is 13.0 Å². The Labute approximate surface area is 97.1 Å². The van der Waals surface area contributed by atoms with Crippen molar-refractivity contribution in [3.05, 3.63) is 23.2 Å². The quantitative estimate of drug-likeness (QED) is 0.639. The summed E-state index contributed by atoms with van der Waals surface area (Å²) >= 11 is 5.17. The van der Waals surface area contributed by atoms with E-state index in [1.54, 1.807) is 30.0 Å². The zero-order valence-electron chi connectivity index (χ0n) is 8.93. The predicted molar refractivity (Wildman–Crippen MR) is 61.6 cm³/mol. The summed E-state index contributed by atoms with van der Waals surface area (Å²) in [5.41, 5.74) is 1.65. The number of fused-ring (bicyclic) bond motifs is 1. The average molecular weight is 237 g/mol. The van der Waals surface area contributed by atoms with Crippen LogP contribution in [0, 0.1) is 4.77 Å². The molecule has 0 fully saturated rings. The number of H-pyrrole nitrogens is 1. The first-order valence-electron chi connectivity index (χ1n) is 4.77. The van der Waals surface area contributed by atoms with Gasteiger partial charge in [0.25, 0.3) is 0 Å². The minimum atomic E-state index is -0.450. The number of imidazole rings is 1. The first-order valence-corrected chi connectivity index (χ1v) is 5.18. The summed E-state index contributed by atoms with van der Waals surface area (Å²) in [6.45, 7) is 1.75. The van der Waals surface area contributed by atoms with E-state index in [0.717, 1.165) is 11.0 Å². The maximum absolute atomic E-state index is 11.5. The molecule has 5 nitrogen and oxygen atoms in total. The zero-order chi connectivity index (χ0) is 11.7. The molecule has 0 aliphatic rings. The topological polar surface area (TPSA) is 59.9 Å². The van der Waals surface area contributed by atoms with Gasteiger partial charge in [0.05, 0.1) is 24.3 Å². The Morgan fingerprint density at radius 3 is 3.12 bits per heavy atom. The van der Waals surface area contributed by atoms with Crippen LogP contribution in [0.2, 0.25) is 0 Å². The van der Waals surface area contributed by atoms with Gasteiger partial charge in [-0.05, 0) is 25.2 Å². The average Bonchev–Trinajstić information content (AvgIpc) is 2.63. The number of hydrogen-bond donors (Lipinski definition) is 1. The number of carbonyl (C=O) groups excluding carboxylic acids is 1. The molecule has 0 saturated heterocycles. The Kier molecular flexibility index (Phi) is 2.74. The predicted octanol–water partition coefficient (Wildman–Crippen LogP) is 1.83. The van der Waals surface area contributed by atoms with Crippen LogP contribution in [0.5, 0.6) is 0 Å². The Bertz CT molecular complexity index is 587. The number of aromatic nitrogens is 3. The molecule has 2 heterocycles. The molecule has 0 spiro atoms. The minimum absolute atomic E-state index is 0.325. The number of rotatable bonds is 2. The summed E-state index contributed by atoms with van der Waals surface area (Å²) in [6.07, 6.45) is 3.33. The van der Waals surface area contributed by atoms with Gasteiger partial charge in [-0.3, -0.25) is 4.98 Å². The monoisotopic (exact) mass is 237 g/mol. The Morgan fingerprint density at radius 1 is 1.69 bits per heavy atom. The minimum Gasteiger partial charge on any atom is -0.467 e. The third-order valence-corrected chi connectivity index (χ3v) is 2.75. The number of hydrogen-bond acceptors (Lipinski definition) is 4. The standard InChI is InChI=1S/C10H11N3O2S/c1-6(9(14)15-2)13-8-3-4-11-5-7(8)12-10(13)16/h3-6H,1-2H3,(H,12,16). The summed E-state index contributed by atoms with van der Waals surface area (Å²) in [7, 11) is 1.36. The summed E-state index contributed by atoms with van der Waals surface area (Å²) in [4.78, 5) is 18.5. The third kappa shape index (κ3) is 1.61. The molecule has 0 aromatic carbocycles. The van der Waals surface area contributed by atoms with Crippen molar-refractivity contribution in [2.24, 2.45) is 0 Å². The zero-order valence-corrected chi connectivity index (χ0v) is 9.75. The Hall–Kier alpha value is -1.69. The normalized spacial score (nSPS) is 12.6. The molecule has 0 aliphatic carbocycles. The van der Waals surface area contributed by atoms with E-state index in [9.17, 15) is 4.79 Å². The van der Waals surface area contributed by atoms with E-state index in [2.05, 4.69) is 9.97 Å². The van der Waals surface area contributed by atoms with E-state index in [-0.39, 0.29) is 5.97 Å². The van der Waals surface area contributed by atoms with Gasteiger partial charge in [0, 0.05) is 6.20 Å². The summed E-state index contributed by atoms with van der Waals surface area (Å²) in [5.74, 6) is -0.325. The van der Waals surface area contributed by atoms with Gasteiger partial charge >= 0.3 is 5.97 Å². The van der Waals surface area contributed by atoms with E-state index in [1.807, 2.05) is 0 Å². The lowest BCUT2D eigenvalue weighted by atomic mass is 10.3. The maximum atomic E-state index is 11.5. The van der Waals surface area contributed by atoms with Gasteiger partial charge in [0.15, 0.2) is 4.77 Å². The molecule has 16 heavy (non-hydrogen) atoms. The number of ether oxygens (including phenoxy) is 1. The molecule has 0 aliphatic heterocycles. The highest BCUT2D eigenvalue weighted by Crippen LogP contribution is 2.18. The second kappa shape index (κ2) is 4.05. The number of esters is 1. The van der Waals surface area contributed by atoms with Crippen LogP contribution in [0.15, 0.2) is 18.5 Å². The van der Waals surface area contributed by atoms with E-state index in [0.29, 0.717) is 4.77 Å². The lowest BCUT2D eigenvalue weighted by Crippen LogP contribution is -2.17. The molecular formula is C10H11N3O2S. The largest absolute Gasteiger partial charge is 0.467 e. The highest BCUT2D eigenvalue weighted by molar-refractivity contribution is 7.71. The second-order valence-corrected chi connectivity index (χ2v) is 3.78. The van der Waals surface area contributed by atoms with Gasteiger partial charge in [0.1, 0.15) is 6.04 Å². The lowest BCUT2D eigenvalue weighted by molar-refractivity contribution is -0.143. The molecule has 0 bridgehead atoms. The van der Waals surface area contributed by atoms with E-state index >= 15 is 0 Å². The van der Waals surface area contributed by atoms with Crippen LogP contribution in [0.25, 0.3) is 11.0 Å². The van der Waals surface area contributed by atoms with Gasteiger partial charge in [-0.15, -0.1) is 0 Å². The fourth-order valence-electron chi connectivity index (χ4n) is 1.64. The van der Waals surface area contributed by atoms with Crippen LogP contribution in [0.3, 0.4) is 0 Å². The van der Waals surface area contributed by atoms with E-state index < -0.39 is 6.04 Å². The molecule has 2 aromatic rings. The van der Waals surface area contributed by atoms with Gasteiger partial charge in [-0.1, -0.05) is 0 Å². The Morgan fingerprint density at radius 2 is 2.44 bits per heavy atom. The number of pyridine rings is 1. The van der Waals surface area contributed by atoms with Crippen LogP contribution < -0.4 is 0 Å². The fourth-order valence-corrected chi connectivity index (χ4v) is 2.01. The highest BCUT2D eigenvalue weighted by Gasteiger charge is 2.18. The van der Waals surface area contributed by atoms with Crippen molar-refractivity contribution in [1.82, 2.24) is 14.5 Å². The molecule has 2 rings (SSSR count). The number of aromatic amines is 1. The van der Waals surface area contributed by atoms with Crippen molar-refractivity contribution in [3.8, 4) is 0 Å². The molecule has 84 valence electrons. The van der Waals surface area contributed by atoms with Gasteiger partial charge in [0.2, 0.25) is 0 Å². The summed E-state index contributed by atoms with van der Waals surface area (Å²) in [6, 6.07) is 1.36. The molecule has 2 aromatic heterocycles. The van der Waals surface area contributed by atoms with Gasteiger partial charge in [-0.2, -0.15) is 0 Å². The van der Waals surface area contributed by atoms with Crippen molar-refractivity contribution < 1.29 is 9.53 Å². The first-order chi connectivity index (χ1) is 7.65. The molecule has 1 atom stereocenters. The maximum Gasteiger partial charge on any atom is 0.328 e. The van der Waals surface area contributed by atoms with Crippen LogP contribution >= 0.6 is 12.2 Å². The van der Waals surface area contributed by atoms with Crippen molar-refractivity contribution in [2.45, 2.75) is 13.0 Å². The van der Waals surface area contributed by atoms with Crippen molar-refractivity contribution in [1.29, 1.82) is 0 Å². The number of carbonyl (C=O) groups is 1. The highest BCUT2D eigenvalue weighted by atomic mass is 32.1. The fraction of sp³-hybridized carbons (Fsp3) is 0.300. The molecule has 0 radical (unpaired) electrons. The molecule has 0 saturated carbocycles. The van der Waals surface area contributed by atoms with E-state index in [1.165, 1.54) is 7.11 Å². The Balaban J connectivity index is 2.64. The smallest absolute Gasteiger partial charge is 0.328 e. The second-order valence-electron chi connectivity index (χ2n) is 3.39. The molecule has 1 unspecified atom stereocenters. The number of nitrogens with zero attached hydrogens (tertiary/aromatic N) is 2. The van der Waals surface area contributed by atoms with Crippen LogP contribution in [-0.4, -0.2) is 27.6 Å². The number of methoxy groups -OCH3 is 1. The van der Waals surface area contributed by atoms with Crippen LogP contribution in [0.4, 0.5) is 0 Å². The van der Waals surface area contributed by atoms with Crippen LogP contribution in [-0.2, 0) is 9.53 Å². The third-order valence-electron chi connectivity index (χ3n) is 2.45. The van der Waals surface area contributed by atoms with Gasteiger partial charge in [-0.25, -0.2) is 4.79 Å². The van der Waals surface area contributed by atoms with Gasteiger partial charge < -0.3 is 14.3 Å². The molecular weight excluding hydrogens is 226 g/mol. The van der Waals surface area contributed by atoms with Crippen molar-refractivity contribution in [2.75, 3.05) is 7.11 Å². The first kappa shape index (κ1) is 10.8. The number of nitrogens with one attached hydrogen (secondary N) is 1. The van der Waals surface area contributed by atoms with Crippen molar-refractivity contribution in [3.63, 3.8) is 0 Å². The molecule has 1 N–H and O–H groups in total. The SMILES string of the molecule is COC(=O)C(C)n1c(=S)[nH]c2cnccc21.